The van der Waals surface area contributed by atoms with E-state index in [1.54, 1.807) is 0 Å². The lowest BCUT2D eigenvalue weighted by molar-refractivity contribution is -0.141. The zero-order valence-corrected chi connectivity index (χ0v) is 10.5. The average Bonchev–Trinajstić information content (AvgIpc) is 3.03. The van der Waals surface area contributed by atoms with Gasteiger partial charge in [-0.3, -0.25) is 4.79 Å². The minimum Gasteiger partial charge on any atom is -0.480 e. The number of hydrogen-bond acceptors (Lipinski definition) is 3. The smallest absolute Gasteiger partial charge is 0.326 e. The second kappa shape index (κ2) is 4.63. The van der Waals surface area contributed by atoms with E-state index in [-0.39, 0.29) is 5.76 Å². The molecule has 1 N–H and O–H groups in total. The topological polar surface area (TPSA) is 70.8 Å². The van der Waals surface area contributed by atoms with Crippen molar-refractivity contribution in [1.29, 1.82) is 0 Å². The Morgan fingerprint density at radius 3 is 2.90 bits per heavy atom. The summed E-state index contributed by atoms with van der Waals surface area (Å²) in [6.45, 7) is 0.390. The lowest BCUT2D eigenvalue weighted by atomic mass is 10.2. The van der Waals surface area contributed by atoms with Gasteiger partial charge in [0.1, 0.15) is 17.4 Å². The van der Waals surface area contributed by atoms with Crippen molar-refractivity contribution in [3.05, 3.63) is 35.8 Å². The van der Waals surface area contributed by atoms with Crippen molar-refractivity contribution < 1.29 is 23.5 Å². The van der Waals surface area contributed by atoms with Gasteiger partial charge in [-0.25, -0.2) is 9.18 Å². The van der Waals surface area contributed by atoms with Gasteiger partial charge in [-0.1, -0.05) is 0 Å². The number of benzene rings is 1. The standard InChI is InChI=1S/C14H12FNO4/c15-9-3-4-11-8(6-9)7-12(20-11)13(17)16-5-1-2-10(16)14(18)19/h3-4,6-7,10H,1-2,5H2,(H,18,19)/t10-/m1/s1. The highest BCUT2D eigenvalue weighted by Gasteiger charge is 2.35. The summed E-state index contributed by atoms with van der Waals surface area (Å²) < 4.78 is 18.5. The molecule has 20 heavy (non-hydrogen) atoms. The molecule has 2 heterocycles. The average molecular weight is 277 g/mol. The van der Waals surface area contributed by atoms with E-state index in [4.69, 9.17) is 9.52 Å². The Morgan fingerprint density at radius 2 is 2.15 bits per heavy atom. The third-order valence-electron chi connectivity index (χ3n) is 3.49. The lowest BCUT2D eigenvalue weighted by Gasteiger charge is -2.19. The molecular formula is C14H12FNO4. The molecule has 5 nitrogen and oxygen atoms in total. The summed E-state index contributed by atoms with van der Waals surface area (Å²) in [5.74, 6) is -1.86. The highest BCUT2D eigenvalue weighted by atomic mass is 19.1. The van der Waals surface area contributed by atoms with Crippen molar-refractivity contribution in [3.63, 3.8) is 0 Å². The number of amides is 1. The van der Waals surface area contributed by atoms with Crippen LogP contribution >= 0.6 is 0 Å². The highest BCUT2D eigenvalue weighted by Crippen LogP contribution is 2.25. The van der Waals surface area contributed by atoms with Crippen LogP contribution in [0.4, 0.5) is 4.39 Å². The van der Waals surface area contributed by atoms with Crippen LogP contribution in [-0.2, 0) is 4.79 Å². The van der Waals surface area contributed by atoms with E-state index in [2.05, 4.69) is 0 Å². The summed E-state index contributed by atoms with van der Waals surface area (Å²) in [5, 5.41) is 9.57. The largest absolute Gasteiger partial charge is 0.480 e. The van der Waals surface area contributed by atoms with E-state index in [0.29, 0.717) is 30.4 Å². The number of carbonyl (C=O) groups is 2. The van der Waals surface area contributed by atoms with Crippen LogP contribution in [0.5, 0.6) is 0 Å². The maximum Gasteiger partial charge on any atom is 0.326 e. The number of likely N-dealkylation sites (tertiary alicyclic amines) is 1. The number of carboxylic acids is 1. The van der Waals surface area contributed by atoms with Crippen LogP contribution in [0.25, 0.3) is 11.0 Å². The number of carbonyl (C=O) groups excluding carboxylic acids is 1. The number of hydrogen-bond donors (Lipinski definition) is 1. The predicted molar refractivity (Wildman–Crippen MR) is 67.9 cm³/mol. The molecule has 1 aliphatic heterocycles. The van der Waals surface area contributed by atoms with E-state index >= 15 is 0 Å². The molecule has 1 amide bonds. The number of carboxylic acid groups (broad SMARTS) is 1. The summed E-state index contributed by atoms with van der Waals surface area (Å²) >= 11 is 0. The SMILES string of the molecule is O=C(O)[C@H]1CCCN1C(=O)c1cc2cc(F)ccc2o1. The van der Waals surface area contributed by atoms with Crippen LogP contribution in [-0.4, -0.2) is 34.5 Å². The number of aliphatic carboxylic acids is 1. The first-order valence-corrected chi connectivity index (χ1v) is 6.29. The Kier molecular flexibility index (Phi) is 2.93. The third-order valence-corrected chi connectivity index (χ3v) is 3.49. The van der Waals surface area contributed by atoms with Crippen LogP contribution in [0.15, 0.2) is 28.7 Å². The first-order chi connectivity index (χ1) is 9.56. The first kappa shape index (κ1) is 12.7. The molecule has 0 radical (unpaired) electrons. The number of halogens is 1. The molecule has 1 fully saturated rings. The van der Waals surface area contributed by atoms with Crippen molar-refractivity contribution in [1.82, 2.24) is 4.90 Å². The van der Waals surface area contributed by atoms with Gasteiger partial charge >= 0.3 is 5.97 Å². The summed E-state index contributed by atoms with van der Waals surface area (Å²) in [7, 11) is 0. The quantitative estimate of drug-likeness (QED) is 0.914. The Bertz CT molecular complexity index is 694. The zero-order chi connectivity index (χ0) is 14.3. The molecule has 1 saturated heterocycles. The second-order valence-corrected chi connectivity index (χ2v) is 4.79. The van der Waals surface area contributed by atoms with Crippen LogP contribution in [0.3, 0.4) is 0 Å². The molecule has 0 unspecified atom stereocenters. The molecule has 0 saturated carbocycles. The van der Waals surface area contributed by atoms with Crippen LogP contribution < -0.4 is 0 Å². The van der Waals surface area contributed by atoms with Crippen LogP contribution in [0, 0.1) is 5.82 Å². The molecule has 1 atom stereocenters. The van der Waals surface area contributed by atoms with Crippen molar-refractivity contribution in [3.8, 4) is 0 Å². The highest BCUT2D eigenvalue weighted by molar-refractivity contribution is 5.98. The van der Waals surface area contributed by atoms with Gasteiger partial charge in [-0.15, -0.1) is 0 Å². The molecule has 104 valence electrons. The van der Waals surface area contributed by atoms with Gasteiger partial charge in [0.25, 0.3) is 5.91 Å². The molecule has 2 aromatic rings. The number of nitrogens with zero attached hydrogens (tertiary/aromatic N) is 1. The fourth-order valence-corrected chi connectivity index (χ4v) is 2.53. The lowest BCUT2D eigenvalue weighted by Crippen LogP contribution is -2.40. The second-order valence-electron chi connectivity index (χ2n) is 4.79. The van der Waals surface area contributed by atoms with E-state index in [0.717, 1.165) is 0 Å². The van der Waals surface area contributed by atoms with Crippen molar-refractivity contribution in [2.24, 2.45) is 0 Å². The van der Waals surface area contributed by atoms with Gasteiger partial charge in [0.05, 0.1) is 0 Å². The fourth-order valence-electron chi connectivity index (χ4n) is 2.53. The number of rotatable bonds is 2. The van der Waals surface area contributed by atoms with E-state index in [1.165, 1.54) is 29.2 Å². The maximum absolute atomic E-state index is 13.1. The van der Waals surface area contributed by atoms with Gasteiger partial charge in [-0.2, -0.15) is 0 Å². The summed E-state index contributed by atoms with van der Waals surface area (Å²) in [6.07, 6.45) is 1.09. The number of furan rings is 1. The predicted octanol–water partition coefficient (Wildman–Crippen LogP) is 2.26. The van der Waals surface area contributed by atoms with Crippen molar-refractivity contribution in [2.45, 2.75) is 18.9 Å². The molecule has 0 bridgehead atoms. The summed E-state index contributed by atoms with van der Waals surface area (Å²) in [6, 6.07) is 4.59. The molecule has 1 aromatic carbocycles. The van der Waals surface area contributed by atoms with E-state index in [1.807, 2.05) is 0 Å². The molecule has 6 heteroatoms. The molecule has 1 aliphatic rings. The number of fused-ring (bicyclic) bond motifs is 1. The molecule has 0 aliphatic carbocycles. The fraction of sp³-hybridized carbons (Fsp3) is 0.286. The third kappa shape index (κ3) is 2.03. The Morgan fingerprint density at radius 1 is 1.35 bits per heavy atom. The molecular weight excluding hydrogens is 265 g/mol. The van der Waals surface area contributed by atoms with Gasteiger partial charge in [0, 0.05) is 11.9 Å². The maximum atomic E-state index is 13.1. The van der Waals surface area contributed by atoms with Gasteiger partial charge in [-0.05, 0) is 37.1 Å². The van der Waals surface area contributed by atoms with E-state index in [9.17, 15) is 14.0 Å². The van der Waals surface area contributed by atoms with Crippen molar-refractivity contribution in [2.75, 3.05) is 6.54 Å². The van der Waals surface area contributed by atoms with Gasteiger partial charge < -0.3 is 14.4 Å². The molecule has 1 aromatic heterocycles. The minimum absolute atomic E-state index is 0.0405. The van der Waals surface area contributed by atoms with Crippen LogP contribution in [0.2, 0.25) is 0 Å². The van der Waals surface area contributed by atoms with Gasteiger partial charge in [0.2, 0.25) is 0 Å². The summed E-state index contributed by atoms with van der Waals surface area (Å²) in [4.78, 5) is 24.7. The van der Waals surface area contributed by atoms with Crippen LogP contribution in [0.1, 0.15) is 23.4 Å². The Balaban J connectivity index is 1.94. The van der Waals surface area contributed by atoms with E-state index < -0.39 is 23.7 Å². The monoisotopic (exact) mass is 277 g/mol. The first-order valence-electron chi connectivity index (χ1n) is 6.29. The van der Waals surface area contributed by atoms with Gasteiger partial charge in [0.15, 0.2) is 5.76 Å². The Labute approximate surface area is 113 Å². The summed E-state index contributed by atoms with van der Waals surface area (Å²) in [5.41, 5.74) is 0.404. The Hall–Kier alpha value is -2.37. The molecule has 0 spiro atoms. The van der Waals surface area contributed by atoms with Crippen molar-refractivity contribution >= 4 is 22.8 Å². The minimum atomic E-state index is -1.02. The molecule has 3 rings (SSSR count). The normalized spacial score (nSPS) is 18.6. The zero-order valence-electron chi connectivity index (χ0n) is 10.5.